The summed E-state index contributed by atoms with van der Waals surface area (Å²) in [5.41, 5.74) is 0.178. The molecule has 4 atom stereocenters. The molecule has 0 spiro atoms. The van der Waals surface area contributed by atoms with Gasteiger partial charge in [0.05, 0.1) is 10.4 Å². The smallest absolute Gasteiger partial charge is 0.328 e. The number of aliphatic hydroxyl groups is 1. The lowest BCUT2D eigenvalue weighted by molar-refractivity contribution is -0.169. The van der Waals surface area contributed by atoms with Crippen molar-refractivity contribution in [2.75, 3.05) is 0 Å². The third-order valence-corrected chi connectivity index (χ3v) is 7.52. The number of aromatic nitrogens is 1. The summed E-state index contributed by atoms with van der Waals surface area (Å²) < 4.78 is 23.8. The molecule has 2 aliphatic heterocycles. The van der Waals surface area contributed by atoms with Crippen LogP contribution in [0.5, 0.6) is 0 Å². The minimum absolute atomic E-state index is 0.178. The molecule has 2 saturated heterocycles. The van der Waals surface area contributed by atoms with Crippen molar-refractivity contribution in [2.24, 2.45) is 5.92 Å². The van der Waals surface area contributed by atoms with E-state index in [0.29, 0.717) is 0 Å². The van der Waals surface area contributed by atoms with Crippen molar-refractivity contribution in [3.05, 3.63) is 30.1 Å². The van der Waals surface area contributed by atoms with Crippen LogP contribution in [0.4, 0.5) is 0 Å². The number of nitrogens with zero attached hydrogens (tertiary/aromatic N) is 2. The molecule has 0 aliphatic carbocycles. The van der Waals surface area contributed by atoms with Crippen LogP contribution in [0.2, 0.25) is 0 Å². The van der Waals surface area contributed by atoms with E-state index in [4.69, 9.17) is 0 Å². The van der Waals surface area contributed by atoms with Gasteiger partial charge in [-0.15, -0.1) is 0 Å². The molecule has 3 heterocycles. The number of fused-ring (bicyclic) bond motifs is 1. The van der Waals surface area contributed by atoms with E-state index in [1.54, 1.807) is 12.1 Å². The number of β-lactam (4-membered cyclic amide) rings is 1. The molecule has 124 valence electrons. The van der Waals surface area contributed by atoms with Gasteiger partial charge in [0.1, 0.15) is 23.4 Å². The first kappa shape index (κ1) is 15.9. The van der Waals surface area contributed by atoms with Gasteiger partial charge in [0.2, 0.25) is 5.91 Å². The fourth-order valence-electron chi connectivity index (χ4n) is 3.37. The quantitative estimate of drug-likeness (QED) is 0.715. The first-order valence-corrected chi connectivity index (χ1v) is 8.54. The predicted octanol–water partition coefficient (Wildman–Crippen LogP) is -0.440. The van der Waals surface area contributed by atoms with Crippen LogP contribution in [0.15, 0.2) is 24.4 Å². The lowest BCUT2D eigenvalue weighted by Gasteiger charge is -2.44. The highest BCUT2D eigenvalue weighted by atomic mass is 32.2. The van der Waals surface area contributed by atoms with E-state index in [1.165, 1.54) is 26.1 Å². The predicted molar refractivity (Wildman–Crippen MR) is 77.7 cm³/mol. The maximum atomic E-state index is 12.7. The highest BCUT2D eigenvalue weighted by molar-refractivity contribution is 7.93. The lowest BCUT2D eigenvalue weighted by atomic mass is 9.86. The van der Waals surface area contributed by atoms with Crippen LogP contribution in [0.3, 0.4) is 0 Å². The maximum absolute atomic E-state index is 12.7. The monoisotopic (exact) mass is 340 g/mol. The fourth-order valence-corrected chi connectivity index (χ4v) is 5.69. The van der Waals surface area contributed by atoms with E-state index < -0.39 is 49.9 Å². The molecule has 23 heavy (non-hydrogen) atoms. The Kier molecular flexibility index (Phi) is 3.28. The summed E-state index contributed by atoms with van der Waals surface area (Å²) >= 11 is 0. The summed E-state index contributed by atoms with van der Waals surface area (Å²) in [5, 5.41) is 18.3. The molecule has 0 bridgehead atoms. The molecule has 2 fully saturated rings. The van der Waals surface area contributed by atoms with Gasteiger partial charge in [-0.2, -0.15) is 0 Å². The molecule has 3 rings (SSSR count). The second-order valence-corrected chi connectivity index (χ2v) is 8.88. The van der Waals surface area contributed by atoms with E-state index >= 15 is 0 Å². The van der Waals surface area contributed by atoms with Crippen molar-refractivity contribution in [3.8, 4) is 0 Å². The number of aliphatic carboxylic acids is 1. The van der Waals surface area contributed by atoms with Gasteiger partial charge in [-0.25, -0.2) is 13.2 Å². The van der Waals surface area contributed by atoms with Crippen LogP contribution in [0, 0.1) is 5.92 Å². The zero-order valence-corrected chi connectivity index (χ0v) is 13.3. The molecule has 0 radical (unpaired) electrons. The zero-order chi connectivity index (χ0) is 17.2. The molecular weight excluding hydrogens is 324 g/mol. The molecule has 9 heteroatoms. The van der Waals surface area contributed by atoms with Gasteiger partial charge in [0.25, 0.3) is 0 Å². The Hall–Kier alpha value is -2.00. The van der Waals surface area contributed by atoms with Gasteiger partial charge in [0, 0.05) is 6.20 Å². The number of rotatable bonds is 3. The number of carboxylic acid groups (broad SMARTS) is 1. The van der Waals surface area contributed by atoms with Gasteiger partial charge in [-0.05, 0) is 26.0 Å². The van der Waals surface area contributed by atoms with Crippen LogP contribution >= 0.6 is 0 Å². The molecular formula is C14H16N2O6S. The molecule has 0 unspecified atom stereocenters. The third-order valence-electron chi connectivity index (χ3n) is 4.67. The van der Waals surface area contributed by atoms with Gasteiger partial charge in [-0.3, -0.25) is 9.78 Å². The number of hydrogen-bond acceptors (Lipinski definition) is 6. The SMILES string of the molecule is CC1(C)[C@H](C(=O)O)N2C(=O)[C@@H]([C@H](O)c3ccccn3)[C@H]2S1(=O)=O. The summed E-state index contributed by atoms with van der Waals surface area (Å²) in [6.45, 7) is 2.58. The summed E-state index contributed by atoms with van der Waals surface area (Å²) in [6.07, 6.45) is 0.0233. The van der Waals surface area contributed by atoms with E-state index in [9.17, 15) is 28.2 Å². The summed E-state index contributed by atoms with van der Waals surface area (Å²) in [6, 6.07) is 3.26. The van der Waals surface area contributed by atoms with Gasteiger partial charge >= 0.3 is 5.97 Å². The number of sulfone groups is 1. The number of pyridine rings is 1. The minimum Gasteiger partial charge on any atom is -0.480 e. The number of carboxylic acids is 1. The molecule has 0 aromatic carbocycles. The van der Waals surface area contributed by atoms with Crippen LogP contribution in [-0.2, 0) is 19.4 Å². The van der Waals surface area contributed by atoms with E-state index in [0.717, 1.165) is 4.90 Å². The van der Waals surface area contributed by atoms with Crippen LogP contribution in [0.25, 0.3) is 0 Å². The number of carbonyl (C=O) groups excluding carboxylic acids is 1. The number of carbonyl (C=O) groups is 2. The van der Waals surface area contributed by atoms with Crippen LogP contribution < -0.4 is 0 Å². The van der Waals surface area contributed by atoms with E-state index in [1.807, 2.05) is 0 Å². The van der Waals surface area contributed by atoms with Crippen LogP contribution in [-0.4, -0.2) is 56.6 Å². The molecule has 1 aromatic heterocycles. The van der Waals surface area contributed by atoms with E-state index in [2.05, 4.69) is 4.98 Å². The van der Waals surface area contributed by atoms with Crippen molar-refractivity contribution in [2.45, 2.75) is 36.1 Å². The second kappa shape index (κ2) is 4.75. The largest absolute Gasteiger partial charge is 0.480 e. The Morgan fingerprint density at radius 1 is 1.39 bits per heavy atom. The Morgan fingerprint density at radius 3 is 2.57 bits per heavy atom. The number of hydrogen-bond donors (Lipinski definition) is 2. The molecule has 1 aromatic rings. The summed E-state index contributed by atoms with van der Waals surface area (Å²) in [4.78, 5) is 28.6. The zero-order valence-electron chi connectivity index (χ0n) is 12.4. The van der Waals surface area contributed by atoms with Gasteiger partial charge in [0.15, 0.2) is 9.84 Å². The van der Waals surface area contributed by atoms with Crippen molar-refractivity contribution in [3.63, 3.8) is 0 Å². The lowest BCUT2D eigenvalue weighted by Crippen LogP contribution is -2.65. The van der Waals surface area contributed by atoms with Crippen molar-refractivity contribution in [1.82, 2.24) is 9.88 Å². The normalized spacial score (nSPS) is 32.0. The molecule has 8 nitrogen and oxygen atoms in total. The van der Waals surface area contributed by atoms with Gasteiger partial charge < -0.3 is 15.1 Å². The van der Waals surface area contributed by atoms with E-state index in [-0.39, 0.29) is 5.69 Å². The van der Waals surface area contributed by atoms with Crippen molar-refractivity contribution in [1.29, 1.82) is 0 Å². The fraction of sp³-hybridized carbons (Fsp3) is 0.500. The van der Waals surface area contributed by atoms with Crippen molar-refractivity contribution < 1.29 is 28.2 Å². The minimum atomic E-state index is -3.96. The topological polar surface area (TPSA) is 125 Å². The first-order valence-electron chi connectivity index (χ1n) is 7.00. The van der Waals surface area contributed by atoms with Crippen molar-refractivity contribution >= 4 is 21.7 Å². The maximum Gasteiger partial charge on any atom is 0.328 e. The summed E-state index contributed by atoms with van der Waals surface area (Å²) in [5.74, 6) is -3.30. The Bertz CT molecular complexity index is 776. The first-order chi connectivity index (χ1) is 10.6. The average molecular weight is 340 g/mol. The molecule has 1 amide bonds. The highest BCUT2D eigenvalue weighted by Crippen LogP contribution is 2.51. The number of aliphatic hydroxyl groups excluding tert-OH is 1. The van der Waals surface area contributed by atoms with Gasteiger partial charge in [-0.1, -0.05) is 6.07 Å². The third kappa shape index (κ3) is 1.86. The molecule has 2 aliphatic rings. The van der Waals surface area contributed by atoms with Crippen LogP contribution in [0.1, 0.15) is 25.6 Å². The standard InChI is InChI=1S/C14H16N2O6S/c1-14(2)10(13(19)20)16-11(18)8(12(16)23(14,21)22)9(17)7-5-3-4-6-15-7/h3-6,8-10,12,17H,1-2H3,(H,19,20)/t8-,9-,10+,12-/m1/s1. The Morgan fingerprint density at radius 2 is 2.04 bits per heavy atom. The number of amides is 1. The summed E-state index contributed by atoms with van der Waals surface area (Å²) in [7, 11) is -3.96. The second-order valence-electron chi connectivity index (χ2n) is 6.25. The Balaban J connectivity index is 2.04. The molecule has 0 saturated carbocycles. The Labute approximate surface area is 132 Å². The molecule has 2 N–H and O–H groups in total. The average Bonchev–Trinajstić information content (AvgIpc) is 2.62. The highest BCUT2D eigenvalue weighted by Gasteiger charge is 2.73.